The molecule has 0 aromatic heterocycles. The van der Waals surface area contributed by atoms with Crippen LogP contribution < -0.4 is 5.73 Å². The summed E-state index contributed by atoms with van der Waals surface area (Å²) >= 11 is 0. The van der Waals surface area contributed by atoms with Gasteiger partial charge in [0.25, 0.3) is 14.3 Å². The third-order valence-corrected chi connectivity index (χ3v) is 16.9. The molecule has 0 bridgehead atoms. The molecule has 0 amide bonds. The summed E-state index contributed by atoms with van der Waals surface area (Å²) in [5, 5.41) is 0.0797. The lowest BCUT2D eigenvalue weighted by molar-refractivity contribution is -0.142. The molecule has 4 nitrogen and oxygen atoms in total. The van der Waals surface area contributed by atoms with Crippen LogP contribution in [0.1, 0.15) is 69.2 Å². The van der Waals surface area contributed by atoms with Crippen molar-refractivity contribution in [3.8, 4) is 0 Å². The van der Waals surface area contributed by atoms with E-state index in [1.54, 1.807) is 0 Å². The van der Waals surface area contributed by atoms with Crippen molar-refractivity contribution in [2.45, 2.75) is 110 Å². The zero-order valence-corrected chi connectivity index (χ0v) is 21.4. The van der Waals surface area contributed by atoms with Crippen molar-refractivity contribution < 1.29 is 13.6 Å². The van der Waals surface area contributed by atoms with Gasteiger partial charge in [-0.3, -0.25) is 4.79 Å². The lowest BCUT2D eigenvalue weighted by Crippen LogP contribution is -2.53. The number of rotatable bonds is 9. The molecule has 0 radical (unpaired) electrons. The predicted molar refractivity (Wildman–Crippen MR) is 117 cm³/mol. The van der Waals surface area contributed by atoms with Gasteiger partial charge in [-0.2, -0.15) is 0 Å². The molecule has 0 aliphatic rings. The van der Waals surface area contributed by atoms with E-state index >= 15 is 0 Å². The summed E-state index contributed by atoms with van der Waals surface area (Å²) in [6.45, 7) is 26.4. The highest BCUT2D eigenvalue weighted by Gasteiger charge is 2.49. The Bertz CT molecular complexity index is 435. The second-order valence-electron chi connectivity index (χ2n) is 10.2. The highest BCUT2D eigenvalue weighted by Crippen LogP contribution is 2.43. The average Bonchev–Trinajstić information content (AvgIpc) is 2.46. The number of hydrogen-bond acceptors (Lipinski definition) is 4. The monoisotopic (exact) mass is 403 g/mol. The molecular formula is C20H45NO3Si2. The Morgan fingerprint density at radius 2 is 1.31 bits per heavy atom. The maximum absolute atomic E-state index is 13.1. The largest absolute Gasteiger partial charge is 0.518 e. The summed E-state index contributed by atoms with van der Waals surface area (Å²) < 4.78 is 12.8. The zero-order chi connectivity index (χ0) is 21.1. The van der Waals surface area contributed by atoms with E-state index in [1.807, 2.05) is 6.92 Å². The van der Waals surface area contributed by atoms with Crippen LogP contribution in [0.3, 0.4) is 0 Å². The lowest BCUT2D eigenvalue weighted by Gasteiger charge is -2.43. The second-order valence-corrected chi connectivity index (χ2v) is 20.3. The van der Waals surface area contributed by atoms with Gasteiger partial charge in [-0.1, -0.05) is 62.3 Å². The quantitative estimate of drug-likeness (QED) is 0.502. The zero-order valence-electron chi connectivity index (χ0n) is 19.4. The van der Waals surface area contributed by atoms with E-state index in [0.29, 0.717) is 23.2 Å². The summed E-state index contributed by atoms with van der Waals surface area (Å²) in [7, 11) is -4.24. The molecule has 6 heteroatoms. The second kappa shape index (κ2) is 9.35. The third kappa shape index (κ3) is 5.66. The van der Waals surface area contributed by atoms with Crippen molar-refractivity contribution in [1.29, 1.82) is 0 Å². The van der Waals surface area contributed by atoms with Crippen LogP contribution in [0.15, 0.2) is 0 Å². The standard InChI is InChI=1S/C20H45NO3Si2/c1-14(2)26(15(3)4,16(5)6)24-19(22)17(7)18(13-21)23-25(11,12)20(8,9)10/h14-18H,13,21H2,1-12H3/t17-,18+/m1/s1. The maximum atomic E-state index is 13.1. The van der Waals surface area contributed by atoms with Crippen LogP contribution in [-0.4, -0.2) is 35.3 Å². The summed E-state index contributed by atoms with van der Waals surface area (Å²) in [4.78, 5) is 13.1. The van der Waals surface area contributed by atoms with Gasteiger partial charge in [0.15, 0.2) is 8.32 Å². The first-order valence-corrected chi connectivity index (χ1v) is 15.2. The topological polar surface area (TPSA) is 61.5 Å². The average molecular weight is 404 g/mol. The van der Waals surface area contributed by atoms with Crippen LogP contribution in [0.5, 0.6) is 0 Å². The number of carbonyl (C=O) groups excluding carboxylic acids is 1. The Morgan fingerprint density at radius 3 is 1.58 bits per heavy atom. The molecule has 0 aliphatic heterocycles. The molecule has 0 spiro atoms. The van der Waals surface area contributed by atoms with Gasteiger partial charge in [0.2, 0.25) is 0 Å². The molecule has 26 heavy (non-hydrogen) atoms. The van der Waals surface area contributed by atoms with Gasteiger partial charge in [-0.05, 0) is 41.7 Å². The van der Waals surface area contributed by atoms with E-state index in [2.05, 4.69) is 75.4 Å². The Hall–Kier alpha value is -0.176. The molecule has 0 rings (SSSR count). The molecule has 0 aliphatic carbocycles. The first-order chi connectivity index (χ1) is 11.5. The summed E-state index contributed by atoms with van der Waals surface area (Å²) in [5.41, 5.74) is 7.12. The van der Waals surface area contributed by atoms with Crippen LogP contribution in [0.2, 0.25) is 34.8 Å². The van der Waals surface area contributed by atoms with E-state index in [4.69, 9.17) is 14.6 Å². The van der Waals surface area contributed by atoms with Crippen LogP contribution in [0, 0.1) is 5.92 Å². The van der Waals surface area contributed by atoms with Gasteiger partial charge in [0, 0.05) is 6.54 Å². The molecule has 2 N–H and O–H groups in total. The molecule has 0 saturated heterocycles. The highest BCUT2D eigenvalue weighted by molar-refractivity contribution is 6.79. The molecule has 0 heterocycles. The van der Waals surface area contributed by atoms with Crippen LogP contribution in [0.25, 0.3) is 0 Å². The highest BCUT2D eigenvalue weighted by atomic mass is 28.4. The summed E-state index contributed by atoms with van der Waals surface area (Å²) in [6.07, 6.45) is -0.290. The smallest absolute Gasteiger partial charge is 0.298 e. The SMILES string of the molecule is CC(C)[Si](OC(=O)[C@H](C)[C@H](CN)O[Si](C)(C)C(C)(C)C)(C(C)C)C(C)C. The van der Waals surface area contributed by atoms with Crippen molar-refractivity contribution in [2.75, 3.05) is 6.54 Å². The fourth-order valence-electron chi connectivity index (χ4n) is 3.68. The number of nitrogens with two attached hydrogens (primary N) is 1. The van der Waals surface area contributed by atoms with Gasteiger partial charge >= 0.3 is 0 Å². The van der Waals surface area contributed by atoms with E-state index in [9.17, 15) is 4.79 Å². The molecule has 0 saturated carbocycles. The van der Waals surface area contributed by atoms with Gasteiger partial charge in [0.05, 0.1) is 12.0 Å². The van der Waals surface area contributed by atoms with E-state index < -0.39 is 16.6 Å². The van der Waals surface area contributed by atoms with Crippen LogP contribution in [-0.2, 0) is 13.6 Å². The number of hydrogen-bond donors (Lipinski definition) is 1. The first-order valence-electron chi connectivity index (χ1n) is 10.1. The summed E-state index contributed by atoms with van der Waals surface area (Å²) in [6, 6.07) is 0. The molecule has 2 atom stereocenters. The van der Waals surface area contributed by atoms with E-state index in [1.165, 1.54) is 0 Å². The molecule has 0 aromatic carbocycles. The molecular weight excluding hydrogens is 358 g/mol. The van der Waals surface area contributed by atoms with Crippen molar-refractivity contribution in [3.05, 3.63) is 0 Å². The minimum absolute atomic E-state index is 0.0797. The number of carbonyl (C=O) groups is 1. The maximum Gasteiger partial charge on any atom is 0.298 e. The van der Waals surface area contributed by atoms with Crippen LogP contribution in [0.4, 0.5) is 0 Å². The van der Waals surface area contributed by atoms with Gasteiger partial charge < -0.3 is 14.6 Å². The third-order valence-electron chi connectivity index (χ3n) is 6.40. The van der Waals surface area contributed by atoms with E-state index in [-0.39, 0.29) is 23.0 Å². The Kier molecular flexibility index (Phi) is 9.28. The Labute approximate surface area is 164 Å². The van der Waals surface area contributed by atoms with Crippen molar-refractivity contribution >= 4 is 22.6 Å². The van der Waals surface area contributed by atoms with E-state index in [0.717, 1.165) is 0 Å². The van der Waals surface area contributed by atoms with Gasteiger partial charge in [-0.25, -0.2) is 0 Å². The summed E-state index contributed by atoms with van der Waals surface area (Å²) in [5.74, 6) is -0.487. The van der Waals surface area contributed by atoms with Gasteiger partial charge in [0.1, 0.15) is 0 Å². The first kappa shape index (κ1) is 25.8. The molecule has 156 valence electrons. The normalized spacial score (nSPS) is 16.3. The van der Waals surface area contributed by atoms with Crippen molar-refractivity contribution in [1.82, 2.24) is 0 Å². The predicted octanol–water partition coefficient (Wildman–Crippen LogP) is 5.69. The van der Waals surface area contributed by atoms with Crippen LogP contribution >= 0.6 is 0 Å². The molecule has 0 fully saturated rings. The fraction of sp³-hybridized carbons (Fsp3) is 0.950. The Balaban J connectivity index is 5.51. The van der Waals surface area contributed by atoms with Crippen molar-refractivity contribution in [3.63, 3.8) is 0 Å². The van der Waals surface area contributed by atoms with Crippen molar-refractivity contribution in [2.24, 2.45) is 11.7 Å². The van der Waals surface area contributed by atoms with Gasteiger partial charge in [-0.15, -0.1) is 0 Å². The Morgan fingerprint density at radius 1 is 0.923 bits per heavy atom. The fourth-order valence-corrected chi connectivity index (χ4v) is 10.3. The lowest BCUT2D eigenvalue weighted by atomic mass is 10.1. The minimum atomic E-state index is -2.24. The minimum Gasteiger partial charge on any atom is -0.518 e. The molecule has 0 aromatic rings. The molecule has 0 unspecified atom stereocenters.